The highest BCUT2D eigenvalue weighted by molar-refractivity contribution is 5.93. The maximum absolute atomic E-state index is 13.3. The molecule has 0 saturated heterocycles. The fourth-order valence-corrected chi connectivity index (χ4v) is 3.01. The lowest BCUT2D eigenvalue weighted by Crippen LogP contribution is -2.44. The van der Waals surface area contributed by atoms with Crippen LogP contribution in [0.15, 0.2) is 54.6 Å². The van der Waals surface area contributed by atoms with Crippen LogP contribution in [-0.2, 0) is 9.59 Å². The molecular formula is C21H26FN3O2. The van der Waals surface area contributed by atoms with Gasteiger partial charge in [0.15, 0.2) is 0 Å². The molecule has 5 nitrogen and oxygen atoms in total. The van der Waals surface area contributed by atoms with E-state index >= 15 is 0 Å². The summed E-state index contributed by atoms with van der Waals surface area (Å²) in [5.74, 6) is -0.774. The fourth-order valence-electron chi connectivity index (χ4n) is 3.01. The zero-order chi connectivity index (χ0) is 19.8. The van der Waals surface area contributed by atoms with Gasteiger partial charge in [0.25, 0.3) is 0 Å². The zero-order valence-electron chi connectivity index (χ0n) is 16.0. The number of carbonyl (C=O) groups excluding carboxylic acids is 2. The van der Waals surface area contributed by atoms with Crippen LogP contribution < -0.4 is 5.32 Å². The molecule has 0 aliphatic rings. The van der Waals surface area contributed by atoms with Crippen LogP contribution in [0.1, 0.15) is 25.5 Å². The molecule has 144 valence electrons. The molecule has 0 aliphatic heterocycles. The molecule has 1 atom stereocenters. The minimum Gasteiger partial charge on any atom is -0.342 e. The minimum absolute atomic E-state index is 0.00306. The van der Waals surface area contributed by atoms with Crippen molar-refractivity contribution in [2.24, 2.45) is 0 Å². The lowest BCUT2D eigenvalue weighted by atomic mass is 10.0. The smallest absolute Gasteiger partial charge is 0.244 e. The summed E-state index contributed by atoms with van der Waals surface area (Å²) < 4.78 is 13.3. The number of rotatable bonds is 8. The van der Waals surface area contributed by atoms with Gasteiger partial charge in [-0.05, 0) is 44.7 Å². The number of hydrogen-bond donors (Lipinski definition) is 1. The third-order valence-electron chi connectivity index (χ3n) is 4.37. The van der Waals surface area contributed by atoms with E-state index in [1.165, 1.54) is 18.2 Å². The molecule has 0 fully saturated rings. The Bertz CT molecular complexity index is 763. The number of benzene rings is 2. The monoisotopic (exact) mass is 371 g/mol. The molecule has 2 amide bonds. The lowest BCUT2D eigenvalue weighted by molar-refractivity contribution is -0.137. The number of nitrogens with zero attached hydrogens (tertiary/aromatic N) is 2. The lowest BCUT2D eigenvalue weighted by Gasteiger charge is -2.31. The maximum Gasteiger partial charge on any atom is 0.244 e. The number of hydrogen-bond acceptors (Lipinski definition) is 3. The first kappa shape index (κ1) is 20.6. The third-order valence-corrected chi connectivity index (χ3v) is 4.37. The van der Waals surface area contributed by atoms with Gasteiger partial charge in [0.05, 0.1) is 6.54 Å². The molecule has 6 heteroatoms. The Labute approximate surface area is 159 Å². The fraction of sp³-hybridized carbons (Fsp3) is 0.333. The highest BCUT2D eigenvalue weighted by Gasteiger charge is 2.29. The summed E-state index contributed by atoms with van der Waals surface area (Å²) in [4.78, 5) is 28.9. The molecule has 0 unspecified atom stereocenters. The molecule has 0 spiro atoms. The van der Waals surface area contributed by atoms with E-state index in [4.69, 9.17) is 0 Å². The number of halogens is 1. The van der Waals surface area contributed by atoms with E-state index in [1.807, 2.05) is 44.2 Å². The van der Waals surface area contributed by atoms with Gasteiger partial charge in [-0.25, -0.2) is 4.39 Å². The summed E-state index contributed by atoms with van der Waals surface area (Å²) in [6, 6.07) is 14.6. The molecule has 0 bridgehead atoms. The van der Waals surface area contributed by atoms with E-state index in [0.29, 0.717) is 18.8 Å². The van der Waals surface area contributed by atoms with Gasteiger partial charge >= 0.3 is 0 Å². The highest BCUT2D eigenvalue weighted by Crippen LogP contribution is 2.22. The number of amides is 2. The first-order valence-electron chi connectivity index (χ1n) is 9.05. The molecule has 0 aliphatic carbocycles. The van der Waals surface area contributed by atoms with Crippen LogP contribution in [-0.4, -0.2) is 48.3 Å². The van der Waals surface area contributed by atoms with Crippen molar-refractivity contribution in [2.75, 3.05) is 32.0 Å². The summed E-state index contributed by atoms with van der Waals surface area (Å²) in [7, 11) is 1.74. The summed E-state index contributed by atoms with van der Waals surface area (Å²) in [5.41, 5.74) is 1.22. The van der Waals surface area contributed by atoms with E-state index < -0.39 is 11.9 Å². The molecule has 0 aromatic heterocycles. The summed E-state index contributed by atoms with van der Waals surface area (Å²) >= 11 is 0. The predicted octanol–water partition coefficient (Wildman–Crippen LogP) is 3.31. The molecule has 2 rings (SSSR count). The Kier molecular flexibility index (Phi) is 7.49. The van der Waals surface area contributed by atoms with Crippen molar-refractivity contribution in [1.29, 1.82) is 0 Å². The largest absolute Gasteiger partial charge is 0.342 e. The zero-order valence-corrected chi connectivity index (χ0v) is 16.0. The number of anilines is 1. The standard InChI is InChI=1S/C21H26FN3O2/c1-4-25(5-2)21(27)20(16-10-7-6-8-11-16)24(3)15-19(26)23-18-13-9-12-17(22)14-18/h6-14,20H,4-5,15H2,1-3H3,(H,23,26)/t20-/m0/s1. The number of carbonyl (C=O) groups is 2. The Hall–Kier alpha value is -2.73. The third kappa shape index (κ3) is 5.62. The Balaban J connectivity index is 2.16. The van der Waals surface area contributed by atoms with Crippen LogP contribution in [0.2, 0.25) is 0 Å². The van der Waals surface area contributed by atoms with E-state index in [2.05, 4.69) is 5.32 Å². The normalized spacial score (nSPS) is 11.9. The van der Waals surface area contributed by atoms with Gasteiger partial charge in [0.1, 0.15) is 11.9 Å². The van der Waals surface area contributed by atoms with Crippen molar-refractivity contribution < 1.29 is 14.0 Å². The molecule has 2 aromatic rings. The van der Waals surface area contributed by atoms with Gasteiger partial charge in [-0.15, -0.1) is 0 Å². The highest BCUT2D eigenvalue weighted by atomic mass is 19.1. The number of likely N-dealkylation sites (N-methyl/N-ethyl adjacent to an activating group) is 2. The van der Waals surface area contributed by atoms with E-state index in [0.717, 1.165) is 5.56 Å². The van der Waals surface area contributed by atoms with Crippen molar-refractivity contribution in [3.63, 3.8) is 0 Å². The summed E-state index contributed by atoms with van der Waals surface area (Å²) in [5, 5.41) is 2.67. The van der Waals surface area contributed by atoms with Crippen molar-refractivity contribution in [3.8, 4) is 0 Å². The second kappa shape index (κ2) is 9.83. The van der Waals surface area contributed by atoms with Crippen LogP contribution in [0.25, 0.3) is 0 Å². The van der Waals surface area contributed by atoms with Crippen molar-refractivity contribution in [2.45, 2.75) is 19.9 Å². The first-order chi connectivity index (χ1) is 13.0. The van der Waals surface area contributed by atoms with Gasteiger partial charge in [-0.2, -0.15) is 0 Å². The van der Waals surface area contributed by atoms with Gasteiger partial charge in [-0.3, -0.25) is 14.5 Å². The van der Waals surface area contributed by atoms with Crippen LogP contribution in [0.4, 0.5) is 10.1 Å². The van der Waals surface area contributed by atoms with Crippen molar-refractivity contribution in [3.05, 3.63) is 66.0 Å². The average molecular weight is 371 g/mol. The topological polar surface area (TPSA) is 52.7 Å². The second-order valence-electron chi connectivity index (χ2n) is 6.30. The maximum atomic E-state index is 13.3. The van der Waals surface area contributed by atoms with Crippen molar-refractivity contribution in [1.82, 2.24) is 9.80 Å². The van der Waals surface area contributed by atoms with Gasteiger partial charge < -0.3 is 10.2 Å². The van der Waals surface area contributed by atoms with E-state index in [-0.39, 0.29) is 18.4 Å². The molecule has 27 heavy (non-hydrogen) atoms. The average Bonchev–Trinajstić information content (AvgIpc) is 2.63. The Morgan fingerprint density at radius 1 is 1.04 bits per heavy atom. The SMILES string of the molecule is CCN(CC)C(=O)[C@H](c1ccccc1)N(C)CC(=O)Nc1cccc(F)c1. The van der Waals surface area contributed by atoms with Gasteiger partial charge in [0, 0.05) is 18.8 Å². The first-order valence-corrected chi connectivity index (χ1v) is 9.05. The Morgan fingerprint density at radius 3 is 2.30 bits per heavy atom. The molecule has 0 radical (unpaired) electrons. The molecule has 2 aromatic carbocycles. The summed E-state index contributed by atoms with van der Waals surface area (Å²) in [6.07, 6.45) is 0. The summed E-state index contributed by atoms with van der Waals surface area (Å²) in [6.45, 7) is 5.06. The number of nitrogens with one attached hydrogen (secondary N) is 1. The Morgan fingerprint density at radius 2 is 1.70 bits per heavy atom. The quantitative estimate of drug-likeness (QED) is 0.775. The van der Waals surface area contributed by atoms with Gasteiger partial charge in [0.2, 0.25) is 11.8 Å². The molecule has 0 heterocycles. The van der Waals surface area contributed by atoms with Crippen LogP contribution in [0.5, 0.6) is 0 Å². The van der Waals surface area contributed by atoms with Crippen LogP contribution >= 0.6 is 0 Å². The van der Waals surface area contributed by atoms with E-state index in [9.17, 15) is 14.0 Å². The second-order valence-corrected chi connectivity index (χ2v) is 6.30. The van der Waals surface area contributed by atoms with E-state index in [1.54, 1.807) is 22.9 Å². The molecule has 1 N–H and O–H groups in total. The van der Waals surface area contributed by atoms with Crippen LogP contribution in [0.3, 0.4) is 0 Å². The van der Waals surface area contributed by atoms with Crippen LogP contribution in [0, 0.1) is 5.82 Å². The van der Waals surface area contributed by atoms with Crippen molar-refractivity contribution >= 4 is 17.5 Å². The minimum atomic E-state index is -0.565. The predicted molar refractivity (Wildman–Crippen MR) is 105 cm³/mol. The molecule has 0 saturated carbocycles. The van der Waals surface area contributed by atoms with Gasteiger partial charge in [-0.1, -0.05) is 36.4 Å². The molecular weight excluding hydrogens is 345 g/mol.